The summed E-state index contributed by atoms with van der Waals surface area (Å²) in [4.78, 5) is 11.7. The Balaban J connectivity index is 2.11. The van der Waals surface area contributed by atoms with Crippen LogP contribution < -0.4 is 0 Å². The van der Waals surface area contributed by atoms with Gasteiger partial charge in [0.25, 0.3) is 0 Å². The molecule has 1 aromatic rings. The Hall–Kier alpha value is -1.02. The van der Waals surface area contributed by atoms with Crippen molar-refractivity contribution in [3.05, 3.63) is 34.9 Å². The molecule has 3 unspecified atom stereocenters. The summed E-state index contributed by atoms with van der Waals surface area (Å²) in [6.45, 7) is 2.21. The number of carbonyl (C=O) groups is 1. The van der Waals surface area contributed by atoms with Crippen LogP contribution in [0.15, 0.2) is 24.3 Å². The number of rotatable bonds is 5. The van der Waals surface area contributed by atoms with E-state index in [-0.39, 0.29) is 5.92 Å². The lowest BCUT2D eigenvalue weighted by molar-refractivity contribution is -0.144. The smallest absolute Gasteiger partial charge is 0.307 e. The fourth-order valence-corrected chi connectivity index (χ4v) is 3.64. The fourth-order valence-electron chi connectivity index (χ4n) is 3.43. The molecule has 0 spiro atoms. The van der Waals surface area contributed by atoms with E-state index >= 15 is 0 Å². The van der Waals surface area contributed by atoms with Crippen molar-refractivity contribution in [1.82, 2.24) is 0 Å². The van der Waals surface area contributed by atoms with Gasteiger partial charge in [-0.2, -0.15) is 0 Å². The van der Waals surface area contributed by atoms with Crippen LogP contribution in [0, 0.1) is 17.8 Å². The summed E-state index contributed by atoms with van der Waals surface area (Å²) < 4.78 is 0. The maximum atomic E-state index is 11.7. The Bertz CT molecular complexity index is 458. The molecule has 110 valence electrons. The predicted octanol–water partition coefficient (Wildman–Crippen LogP) is 4.80. The number of hydrogen-bond donors (Lipinski definition) is 1. The number of carboxylic acids is 1. The van der Waals surface area contributed by atoms with Crippen molar-refractivity contribution in [2.45, 2.75) is 45.4 Å². The molecule has 1 aromatic carbocycles. The first-order valence-corrected chi connectivity index (χ1v) is 7.95. The van der Waals surface area contributed by atoms with E-state index in [1.165, 1.54) is 6.42 Å². The van der Waals surface area contributed by atoms with Crippen molar-refractivity contribution in [1.29, 1.82) is 0 Å². The van der Waals surface area contributed by atoms with Crippen LogP contribution in [0.3, 0.4) is 0 Å². The van der Waals surface area contributed by atoms with Crippen molar-refractivity contribution >= 4 is 17.6 Å². The van der Waals surface area contributed by atoms with Crippen LogP contribution in [0.4, 0.5) is 0 Å². The second-order valence-corrected chi connectivity index (χ2v) is 6.35. The molecule has 0 heterocycles. The summed E-state index contributed by atoms with van der Waals surface area (Å²) in [7, 11) is 0. The molecule has 1 N–H and O–H groups in total. The number of carboxylic acid groups (broad SMARTS) is 1. The van der Waals surface area contributed by atoms with Gasteiger partial charge in [-0.05, 0) is 42.7 Å². The van der Waals surface area contributed by atoms with Crippen LogP contribution >= 0.6 is 11.6 Å². The van der Waals surface area contributed by atoms with Gasteiger partial charge in [0.15, 0.2) is 0 Å². The van der Waals surface area contributed by atoms with Crippen LogP contribution in [0.1, 0.15) is 44.6 Å². The summed E-state index contributed by atoms with van der Waals surface area (Å²) in [6, 6.07) is 7.59. The van der Waals surface area contributed by atoms with Crippen LogP contribution in [0.25, 0.3) is 0 Å². The van der Waals surface area contributed by atoms with E-state index in [2.05, 4.69) is 6.92 Å². The highest BCUT2D eigenvalue weighted by Gasteiger charge is 2.32. The third-order valence-corrected chi connectivity index (χ3v) is 5.05. The summed E-state index contributed by atoms with van der Waals surface area (Å²) >= 11 is 6.17. The average molecular weight is 295 g/mol. The van der Waals surface area contributed by atoms with E-state index in [4.69, 9.17) is 11.6 Å². The van der Waals surface area contributed by atoms with Crippen LogP contribution in [-0.4, -0.2) is 11.1 Å². The van der Waals surface area contributed by atoms with Gasteiger partial charge in [0.05, 0.1) is 5.92 Å². The Morgan fingerprint density at radius 3 is 2.80 bits per heavy atom. The molecule has 0 aliphatic heterocycles. The standard InChI is InChI=1S/C17H23ClO2/c1-2-12-6-5-8-13(10-12)15(17(19)20)11-14-7-3-4-9-16(14)18/h3-4,7,9,12-13,15H,2,5-6,8,10-11H2,1H3,(H,19,20). The molecule has 0 aromatic heterocycles. The van der Waals surface area contributed by atoms with E-state index in [1.807, 2.05) is 24.3 Å². The molecule has 0 amide bonds. The molecule has 1 fully saturated rings. The van der Waals surface area contributed by atoms with Crippen molar-refractivity contribution in [2.24, 2.45) is 17.8 Å². The molecule has 2 nitrogen and oxygen atoms in total. The Morgan fingerprint density at radius 1 is 1.40 bits per heavy atom. The second-order valence-electron chi connectivity index (χ2n) is 5.94. The quantitative estimate of drug-likeness (QED) is 0.847. The van der Waals surface area contributed by atoms with E-state index in [9.17, 15) is 9.90 Å². The highest BCUT2D eigenvalue weighted by atomic mass is 35.5. The fraction of sp³-hybridized carbons (Fsp3) is 0.588. The number of halogens is 1. The molecule has 0 saturated heterocycles. The zero-order valence-electron chi connectivity index (χ0n) is 12.0. The molecule has 3 heteroatoms. The van der Waals surface area contributed by atoms with E-state index in [0.29, 0.717) is 23.3 Å². The molecule has 0 radical (unpaired) electrons. The predicted molar refractivity (Wildman–Crippen MR) is 82.0 cm³/mol. The minimum Gasteiger partial charge on any atom is -0.481 e. The lowest BCUT2D eigenvalue weighted by Crippen LogP contribution is -2.30. The molecule has 20 heavy (non-hydrogen) atoms. The van der Waals surface area contributed by atoms with Crippen molar-refractivity contribution in [3.63, 3.8) is 0 Å². The lowest BCUT2D eigenvalue weighted by Gasteiger charge is -2.32. The van der Waals surface area contributed by atoms with E-state index in [0.717, 1.165) is 31.2 Å². The van der Waals surface area contributed by atoms with Gasteiger partial charge in [0, 0.05) is 5.02 Å². The van der Waals surface area contributed by atoms with Gasteiger partial charge in [-0.1, -0.05) is 56.0 Å². The van der Waals surface area contributed by atoms with Gasteiger partial charge in [-0.3, -0.25) is 4.79 Å². The van der Waals surface area contributed by atoms with E-state index < -0.39 is 5.97 Å². The maximum absolute atomic E-state index is 11.7. The SMILES string of the molecule is CCC1CCCC(C(Cc2ccccc2Cl)C(=O)O)C1. The van der Waals surface area contributed by atoms with Gasteiger partial charge in [-0.25, -0.2) is 0 Å². The number of benzene rings is 1. The van der Waals surface area contributed by atoms with Gasteiger partial charge in [0.1, 0.15) is 0 Å². The summed E-state index contributed by atoms with van der Waals surface area (Å²) in [5.41, 5.74) is 0.959. The molecule has 2 rings (SSSR count). The molecule has 1 aliphatic rings. The van der Waals surface area contributed by atoms with Crippen molar-refractivity contribution in [2.75, 3.05) is 0 Å². The molecule has 1 saturated carbocycles. The third kappa shape index (κ3) is 3.76. The lowest BCUT2D eigenvalue weighted by atomic mass is 9.72. The minimum atomic E-state index is -0.674. The van der Waals surface area contributed by atoms with Crippen LogP contribution in [-0.2, 0) is 11.2 Å². The first-order valence-electron chi connectivity index (χ1n) is 7.58. The zero-order valence-corrected chi connectivity index (χ0v) is 12.8. The number of aliphatic carboxylic acids is 1. The summed E-state index contributed by atoms with van der Waals surface area (Å²) in [5, 5.41) is 10.3. The van der Waals surface area contributed by atoms with Gasteiger partial charge >= 0.3 is 5.97 Å². The highest BCUT2D eigenvalue weighted by molar-refractivity contribution is 6.31. The molecule has 1 aliphatic carbocycles. The summed E-state index contributed by atoms with van der Waals surface area (Å²) in [5.74, 6) is 0.0141. The average Bonchev–Trinajstić information content (AvgIpc) is 2.46. The molecular weight excluding hydrogens is 272 g/mol. The van der Waals surface area contributed by atoms with Gasteiger partial charge < -0.3 is 5.11 Å². The molecule has 3 atom stereocenters. The maximum Gasteiger partial charge on any atom is 0.307 e. The monoisotopic (exact) mass is 294 g/mol. The Morgan fingerprint density at radius 2 is 2.15 bits per heavy atom. The zero-order chi connectivity index (χ0) is 14.5. The van der Waals surface area contributed by atoms with Crippen LogP contribution in [0.5, 0.6) is 0 Å². The largest absolute Gasteiger partial charge is 0.481 e. The molecular formula is C17H23ClO2. The third-order valence-electron chi connectivity index (χ3n) is 4.68. The van der Waals surface area contributed by atoms with Crippen molar-refractivity contribution in [3.8, 4) is 0 Å². The highest BCUT2D eigenvalue weighted by Crippen LogP contribution is 2.37. The topological polar surface area (TPSA) is 37.3 Å². The summed E-state index contributed by atoms with van der Waals surface area (Å²) in [6.07, 6.45) is 6.22. The Labute approximate surface area is 126 Å². The Kier molecular flexibility index (Phi) is 5.47. The van der Waals surface area contributed by atoms with Gasteiger partial charge in [-0.15, -0.1) is 0 Å². The first kappa shape index (κ1) is 15.4. The number of hydrogen-bond acceptors (Lipinski definition) is 1. The van der Waals surface area contributed by atoms with E-state index in [1.54, 1.807) is 0 Å². The first-order chi connectivity index (χ1) is 9.61. The van der Waals surface area contributed by atoms with Crippen molar-refractivity contribution < 1.29 is 9.90 Å². The second kappa shape index (κ2) is 7.12. The molecule has 0 bridgehead atoms. The van der Waals surface area contributed by atoms with Crippen LogP contribution in [0.2, 0.25) is 5.02 Å². The van der Waals surface area contributed by atoms with Gasteiger partial charge in [0.2, 0.25) is 0 Å². The normalized spacial score (nSPS) is 24.3. The minimum absolute atomic E-state index is 0.294.